The second-order valence-corrected chi connectivity index (χ2v) is 11.1. The molecule has 336 valence electrons. The van der Waals surface area contributed by atoms with Crippen molar-refractivity contribution in [2.75, 3.05) is 165 Å². The molecule has 0 spiro atoms. The first-order chi connectivity index (χ1) is 28.1. The Hall–Kier alpha value is -3.20. The van der Waals surface area contributed by atoms with Crippen LogP contribution in [0.1, 0.15) is 6.42 Å². The first-order valence-corrected chi connectivity index (χ1v) is 18.3. The first kappa shape index (κ1) is 52.8. The fourth-order valence-electron chi connectivity index (χ4n) is 3.84. The quantitative estimate of drug-likeness (QED) is 0.0236. The molecule has 23 heteroatoms. The third-order valence-corrected chi connectivity index (χ3v) is 6.58. The van der Waals surface area contributed by atoms with E-state index < -0.39 is 65.7 Å². The van der Waals surface area contributed by atoms with Crippen molar-refractivity contribution in [3.05, 3.63) is 29.1 Å². The van der Waals surface area contributed by atoms with Gasteiger partial charge < -0.3 is 72.0 Å². The second-order valence-electron chi connectivity index (χ2n) is 11.1. The molecule has 1 rings (SSSR count). The molecule has 0 aliphatic heterocycles. The third-order valence-electron chi connectivity index (χ3n) is 6.58. The zero-order valence-electron chi connectivity index (χ0n) is 32.3. The summed E-state index contributed by atoms with van der Waals surface area (Å²) in [5.41, 5.74) is 0. The van der Waals surface area contributed by atoms with Gasteiger partial charge in [-0.25, -0.2) is 18.0 Å². The summed E-state index contributed by atoms with van der Waals surface area (Å²) in [6.07, 6.45) is -0.497. The highest BCUT2D eigenvalue weighted by atomic mass is 19.2. The molecule has 1 aromatic rings. The lowest BCUT2D eigenvalue weighted by Crippen LogP contribution is -2.31. The molecular formula is C35H54F5NO17. The summed E-state index contributed by atoms with van der Waals surface area (Å²) in [6.45, 7) is 6.60. The first-order valence-electron chi connectivity index (χ1n) is 18.3. The van der Waals surface area contributed by atoms with Crippen LogP contribution < -0.4 is 10.1 Å². The Labute approximate surface area is 332 Å². The van der Waals surface area contributed by atoms with Gasteiger partial charge in [0, 0.05) is 6.54 Å². The van der Waals surface area contributed by atoms with Crippen LogP contribution in [-0.4, -0.2) is 188 Å². The van der Waals surface area contributed by atoms with Crippen molar-refractivity contribution >= 4 is 17.8 Å². The van der Waals surface area contributed by atoms with E-state index >= 15 is 0 Å². The number of hydrogen-bond acceptors (Lipinski definition) is 16. The van der Waals surface area contributed by atoms with Crippen LogP contribution in [0, 0.1) is 29.1 Å². The molecular weight excluding hydrogens is 801 g/mol. The van der Waals surface area contributed by atoms with Crippen molar-refractivity contribution in [3.8, 4) is 5.75 Å². The average Bonchev–Trinajstić information content (AvgIpc) is 3.20. The van der Waals surface area contributed by atoms with Gasteiger partial charge in [-0.15, -0.1) is 0 Å². The van der Waals surface area contributed by atoms with Crippen LogP contribution in [0.4, 0.5) is 22.0 Å². The van der Waals surface area contributed by atoms with Crippen molar-refractivity contribution in [2.45, 2.75) is 6.42 Å². The van der Waals surface area contributed by atoms with Gasteiger partial charge in [0.1, 0.15) is 13.2 Å². The van der Waals surface area contributed by atoms with Crippen LogP contribution in [0.15, 0.2) is 0 Å². The maximum absolute atomic E-state index is 13.6. The average molecular weight is 856 g/mol. The molecule has 0 radical (unpaired) electrons. The van der Waals surface area contributed by atoms with Gasteiger partial charge in [0.2, 0.25) is 40.7 Å². The minimum absolute atomic E-state index is 0.0682. The van der Waals surface area contributed by atoms with Crippen molar-refractivity contribution in [1.29, 1.82) is 0 Å². The number of esters is 1. The molecule has 18 nitrogen and oxygen atoms in total. The van der Waals surface area contributed by atoms with E-state index in [1.54, 1.807) is 0 Å². The minimum Gasteiger partial charge on any atom is -0.480 e. The SMILES string of the molecule is O=C(O)COCC(=O)NCCOCCOCCOCCOCCOCCOCCOCCOCCOCCOCCOCCC(=O)Oc1c(F)c(F)c(F)c(F)c1F. The summed E-state index contributed by atoms with van der Waals surface area (Å²) in [5, 5.41) is 11.0. The Kier molecular flexibility index (Phi) is 33.6. The number of halogens is 5. The zero-order chi connectivity index (χ0) is 42.5. The van der Waals surface area contributed by atoms with Gasteiger partial charge in [0.05, 0.1) is 152 Å². The predicted molar refractivity (Wildman–Crippen MR) is 187 cm³/mol. The maximum Gasteiger partial charge on any atom is 0.329 e. The van der Waals surface area contributed by atoms with E-state index in [2.05, 4.69) is 14.8 Å². The Bertz CT molecular complexity index is 1210. The molecule has 0 atom stereocenters. The monoisotopic (exact) mass is 855 g/mol. The van der Waals surface area contributed by atoms with Crippen molar-refractivity contribution in [1.82, 2.24) is 5.32 Å². The maximum atomic E-state index is 13.6. The number of carboxylic acids is 1. The van der Waals surface area contributed by atoms with Gasteiger partial charge in [-0.3, -0.25) is 9.59 Å². The molecule has 0 bridgehead atoms. The van der Waals surface area contributed by atoms with E-state index in [1.165, 1.54) is 0 Å². The molecule has 0 fully saturated rings. The lowest BCUT2D eigenvalue weighted by atomic mass is 10.2. The van der Waals surface area contributed by atoms with Crippen LogP contribution in [0.5, 0.6) is 5.75 Å². The Morgan fingerprint density at radius 1 is 0.397 bits per heavy atom. The standard InChI is InChI=1S/C35H54F5NO17/c36-30-31(37)33(39)35(34(40)32(30)38)58-29(45)1-3-46-5-7-48-9-11-50-13-15-52-17-19-54-21-23-56-24-22-55-20-18-53-16-14-51-12-10-49-8-6-47-4-2-41-27(42)25-57-26-28(43)44/h1-26H2,(H,41,42)(H,43,44). The molecule has 0 aliphatic carbocycles. The molecule has 2 N–H and O–H groups in total. The zero-order valence-corrected chi connectivity index (χ0v) is 32.3. The number of carboxylic acid groups (broad SMARTS) is 1. The number of nitrogens with one attached hydrogen (secondary N) is 1. The molecule has 0 saturated carbocycles. The fourth-order valence-corrected chi connectivity index (χ4v) is 3.84. The normalized spacial score (nSPS) is 11.3. The van der Waals surface area contributed by atoms with Crippen molar-refractivity contribution in [2.24, 2.45) is 0 Å². The molecule has 0 saturated heterocycles. The highest BCUT2D eigenvalue weighted by molar-refractivity contribution is 5.77. The molecule has 0 aliphatic rings. The topological polar surface area (TPSA) is 203 Å². The van der Waals surface area contributed by atoms with Gasteiger partial charge >= 0.3 is 11.9 Å². The number of hydrogen-bond donors (Lipinski definition) is 2. The van der Waals surface area contributed by atoms with Crippen LogP contribution in [0.2, 0.25) is 0 Å². The smallest absolute Gasteiger partial charge is 0.329 e. The van der Waals surface area contributed by atoms with E-state index in [9.17, 15) is 36.3 Å². The van der Waals surface area contributed by atoms with Crippen LogP contribution in [0.25, 0.3) is 0 Å². The number of carbonyl (C=O) groups is 3. The summed E-state index contributed by atoms with van der Waals surface area (Å²) in [5.74, 6) is -15.8. The lowest BCUT2D eigenvalue weighted by Gasteiger charge is -2.09. The Morgan fingerprint density at radius 3 is 1.02 bits per heavy atom. The fraction of sp³-hybridized carbons (Fsp3) is 0.743. The van der Waals surface area contributed by atoms with Crippen molar-refractivity contribution < 1.29 is 103 Å². The highest BCUT2D eigenvalue weighted by Crippen LogP contribution is 2.29. The molecule has 0 unspecified atom stereocenters. The summed E-state index contributed by atoms with van der Waals surface area (Å²) in [4.78, 5) is 33.3. The number of amides is 1. The van der Waals surface area contributed by atoms with E-state index in [0.717, 1.165) is 0 Å². The lowest BCUT2D eigenvalue weighted by molar-refractivity contribution is -0.143. The van der Waals surface area contributed by atoms with E-state index in [0.29, 0.717) is 112 Å². The minimum atomic E-state index is -2.36. The summed E-state index contributed by atoms with van der Waals surface area (Å²) < 4.78 is 134. The van der Waals surface area contributed by atoms with Crippen LogP contribution >= 0.6 is 0 Å². The van der Waals surface area contributed by atoms with Gasteiger partial charge in [-0.05, 0) is 0 Å². The largest absolute Gasteiger partial charge is 0.480 e. The molecule has 1 aromatic carbocycles. The summed E-state index contributed by atoms with van der Waals surface area (Å²) in [6, 6.07) is 0. The Balaban J connectivity index is 1.71. The number of benzene rings is 1. The number of carbonyl (C=O) groups excluding carboxylic acids is 2. The van der Waals surface area contributed by atoms with Gasteiger partial charge in [-0.2, -0.15) is 8.78 Å². The third kappa shape index (κ3) is 29.1. The van der Waals surface area contributed by atoms with Gasteiger partial charge in [0.15, 0.2) is 0 Å². The van der Waals surface area contributed by atoms with Gasteiger partial charge in [0.25, 0.3) is 0 Å². The highest BCUT2D eigenvalue weighted by Gasteiger charge is 2.28. The van der Waals surface area contributed by atoms with E-state index in [-0.39, 0.29) is 46.2 Å². The summed E-state index contributed by atoms with van der Waals surface area (Å²) >= 11 is 0. The van der Waals surface area contributed by atoms with E-state index in [4.69, 9.17) is 57.2 Å². The molecule has 58 heavy (non-hydrogen) atoms. The van der Waals surface area contributed by atoms with Crippen LogP contribution in [0.3, 0.4) is 0 Å². The van der Waals surface area contributed by atoms with Crippen LogP contribution in [-0.2, 0) is 71.2 Å². The molecule has 1 amide bonds. The second kappa shape index (κ2) is 36.8. The van der Waals surface area contributed by atoms with E-state index in [1.807, 2.05) is 0 Å². The number of rotatable bonds is 41. The number of ether oxygens (including phenoxy) is 13. The van der Waals surface area contributed by atoms with Crippen molar-refractivity contribution in [3.63, 3.8) is 0 Å². The number of aliphatic carboxylic acids is 1. The van der Waals surface area contributed by atoms with Gasteiger partial charge in [-0.1, -0.05) is 0 Å². The Morgan fingerprint density at radius 2 is 0.690 bits per heavy atom. The summed E-state index contributed by atoms with van der Waals surface area (Å²) in [7, 11) is 0. The molecule has 0 aromatic heterocycles. The molecule has 0 heterocycles. The predicted octanol–water partition coefficient (Wildman–Crippen LogP) is 1.08.